The van der Waals surface area contributed by atoms with Crippen LogP contribution in [0, 0.1) is 11.8 Å². The molecule has 39 heavy (non-hydrogen) atoms. The van der Waals surface area contributed by atoms with Gasteiger partial charge in [-0.2, -0.15) is 0 Å². The number of halogens is 1. The zero-order chi connectivity index (χ0) is 28.1. The largest absolute Gasteiger partial charge is 0.479 e. The van der Waals surface area contributed by atoms with Crippen molar-refractivity contribution in [1.29, 1.82) is 0 Å². The highest BCUT2D eigenvalue weighted by molar-refractivity contribution is 7.12. The molecule has 0 radical (unpaired) electrons. The predicted octanol–water partition coefficient (Wildman–Crippen LogP) is 7.51. The molecule has 2 fully saturated rings. The van der Waals surface area contributed by atoms with E-state index in [0.717, 1.165) is 30.4 Å². The number of benzene rings is 2. The van der Waals surface area contributed by atoms with Gasteiger partial charge in [-0.3, -0.25) is 9.59 Å². The number of aliphatic carboxylic acids is 1. The van der Waals surface area contributed by atoms with Crippen molar-refractivity contribution in [3.05, 3.63) is 92.6 Å². The van der Waals surface area contributed by atoms with Gasteiger partial charge < -0.3 is 10.0 Å². The van der Waals surface area contributed by atoms with Crippen LogP contribution in [0.5, 0.6) is 0 Å². The quantitative estimate of drug-likeness (QED) is 0.315. The maximum absolute atomic E-state index is 14.4. The van der Waals surface area contributed by atoms with E-state index in [1.165, 1.54) is 11.3 Å². The summed E-state index contributed by atoms with van der Waals surface area (Å²) in [6, 6.07) is 17.9. The molecule has 1 aliphatic carbocycles. The molecule has 7 heteroatoms. The van der Waals surface area contributed by atoms with Crippen LogP contribution < -0.4 is 0 Å². The van der Waals surface area contributed by atoms with Crippen molar-refractivity contribution in [2.75, 3.05) is 0 Å². The normalized spacial score (nSPS) is 25.4. The fourth-order valence-corrected chi connectivity index (χ4v) is 7.04. The second-order valence-electron chi connectivity index (χ2n) is 12.0. The Bertz CT molecular complexity index is 1370. The number of hydrogen-bond acceptors (Lipinski definition) is 4. The van der Waals surface area contributed by atoms with E-state index in [2.05, 4.69) is 20.8 Å². The van der Waals surface area contributed by atoms with Gasteiger partial charge >= 0.3 is 5.97 Å². The third-order valence-corrected chi connectivity index (χ3v) is 9.76. The van der Waals surface area contributed by atoms with Crippen molar-refractivity contribution in [1.82, 2.24) is 4.90 Å². The number of thiophene rings is 1. The summed E-state index contributed by atoms with van der Waals surface area (Å²) in [5.74, 6) is -3.24. The summed E-state index contributed by atoms with van der Waals surface area (Å²) >= 11 is 7.56. The minimum Gasteiger partial charge on any atom is -0.479 e. The van der Waals surface area contributed by atoms with E-state index in [1.54, 1.807) is 30.0 Å². The predicted molar refractivity (Wildman–Crippen MR) is 154 cm³/mol. The van der Waals surface area contributed by atoms with Crippen LogP contribution in [0.2, 0.25) is 5.02 Å². The van der Waals surface area contributed by atoms with Gasteiger partial charge in [-0.25, -0.2) is 4.79 Å². The maximum atomic E-state index is 14.4. The number of likely N-dealkylation sites (tertiary alicyclic amines) is 1. The number of Topliss-reactive ketones (excluding diaryl/α,β-unsaturated/α-hetero) is 1. The number of hydrogen-bond donors (Lipinski definition) is 1. The highest BCUT2D eigenvalue weighted by atomic mass is 35.5. The summed E-state index contributed by atoms with van der Waals surface area (Å²) in [6.07, 6.45) is 2.40. The number of carbonyl (C=O) groups excluding carboxylic acids is 2. The molecule has 1 amide bonds. The first-order valence-electron chi connectivity index (χ1n) is 13.4. The Hall–Kier alpha value is -2.96. The average Bonchev–Trinajstić information content (AvgIpc) is 3.48. The lowest BCUT2D eigenvalue weighted by molar-refractivity contribution is -0.161. The Kier molecular flexibility index (Phi) is 7.23. The zero-order valence-electron chi connectivity index (χ0n) is 22.7. The first-order chi connectivity index (χ1) is 18.4. The molecule has 5 nitrogen and oxygen atoms in total. The molecular weight excluding hydrogens is 530 g/mol. The van der Waals surface area contributed by atoms with Gasteiger partial charge in [0, 0.05) is 16.9 Å². The molecule has 1 aliphatic heterocycles. The SMILES string of the molecule is CC(C)(C)c1ccc(C2C(C(=O)c3cccs3)C(c3ccc(Cl)cc3)N(C(=O)C3CCC3)C2(C)C(=O)O)cc1. The van der Waals surface area contributed by atoms with E-state index < -0.39 is 29.4 Å². The average molecular weight is 564 g/mol. The molecule has 2 aromatic carbocycles. The smallest absolute Gasteiger partial charge is 0.330 e. The van der Waals surface area contributed by atoms with Crippen LogP contribution >= 0.6 is 22.9 Å². The van der Waals surface area contributed by atoms with Crippen molar-refractivity contribution >= 4 is 40.6 Å². The third-order valence-electron chi connectivity index (χ3n) is 8.62. The third kappa shape index (κ3) is 4.72. The fourth-order valence-electron chi connectivity index (χ4n) is 6.20. The number of nitrogens with zero attached hydrogens (tertiary/aromatic N) is 1. The van der Waals surface area contributed by atoms with Crippen LogP contribution in [0.15, 0.2) is 66.0 Å². The molecule has 4 atom stereocenters. The monoisotopic (exact) mass is 563 g/mol. The Morgan fingerprint density at radius 1 is 0.974 bits per heavy atom. The molecule has 2 heterocycles. The van der Waals surface area contributed by atoms with Crippen molar-refractivity contribution < 1.29 is 19.5 Å². The van der Waals surface area contributed by atoms with E-state index in [-0.39, 0.29) is 23.0 Å². The van der Waals surface area contributed by atoms with Crippen molar-refractivity contribution in [3.63, 3.8) is 0 Å². The molecule has 0 bridgehead atoms. The van der Waals surface area contributed by atoms with Crippen molar-refractivity contribution in [2.24, 2.45) is 11.8 Å². The molecule has 204 valence electrons. The summed E-state index contributed by atoms with van der Waals surface area (Å²) in [4.78, 5) is 43.9. The van der Waals surface area contributed by atoms with Crippen LogP contribution in [-0.2, 0) is 15.0 Å². The maximum Gasteiger partial charge on any atom is 0.330 e. The molecule has 1 aromatic heterocycles. The Morgan fingerprint density at radius 2 is 1.59 bits per heavy atom. The Balaban J connectivity index is 1.76. The first kappa shape index (κ1) is 27.6. The molecule has 1 saturated heterocycles. The molecular formula is C32H34ClNO4S. The van der Waals surface area contributed by atoms with E-state index in [4.69, 9.17) is 11.6 Å². The highest BCUT2D eigenvalue weighted by Gasteiger charge is 2.65. The van der Waals surface area contributed by atoms with Crippen LogP contribution in [0.25, 0.3) is 0 Å². The van der Waals surface area contributed by atoms with Gasteiger partial charge in [0.15, 0.2) is 5.78 Å². The Morgan fingerprint density at radius 3 is 2.08 bits per heavy atom. The number of ketones is 1. The van der Waals surface area contributed by atoms with Gasteiger partial charge in [0.05, 0.1) is 16.8 Å². The van der Waals surface area contributed by atoms with Crippen LogP contribution in [0.4, 0.5) is 0 Å². The molecule has 5 rings (SSSR count). The molecule has 1 N–H and O–H groups in total. The van der Waals surface area contributed by atoms with Gasteiger partial charge in [0.1, 0.15) is 5.54 Å². The lowest BCUT2D eigenvalue weighted by atomic mass is 9.72. The fraction of sp³-hybridized carbons (Fsp3) is 0.406. The summed E-state index contributed by atoms with van der Waals surface area (Å²) in [5.41, 5.74) is 0.833. The van der Waals surface area contributed by atoms with Gasteiger partial charge in [-0.1, -0.05) is 81.3 Å². The van der Waals surface area contributed by atoms with Gasteiger partial charge in [0.2, 0.25) is 5.91 Å². The van der Waals surface area contributed by atoms with Gasteiger partial charge in [0.25, 0.3) is 0 Å². The molecule has 2 aliphatic rings. The molecule has 1 saturated carbocycles. The zero-order valence-corrected chi connectivity index (χ0v) is 24.3. The number of carboxylic acids is 1. The summed E-state index contributed by atoms with van der Waals surface area (Å²) in [5, 5.41) is 13.3. The minimum atomic E-state index is -1.64. The van der Waals surface area contributed by atoms with E-state index in [1.807, 2.05) is 47.8 Å². The van der Waals surface area contributed by atoms with Crippen molar-refractivity contribution in [2.45, 2.75) is 69.9 Å². The van der Waals surface area contributed by atoms with E-state index >= 15 is 0 Å². The summed E-state index contributed by atoms with van der Waals surface area (Å²) < 4.78 is 0. The summed E-state index contributed by atoms with van der Waals surface area (Å²) in [7, 11) is 0. The second-order valence-corrected chi connectivity index (χ2v) is 13.4. The van der Waals surface area contributed by atoms with Gasteiger partial charge in [-0.15, -0.1) is 11.3 Å². The van der Waals surface area contributed by atoms with E-state index in [0.29, 0.717) is 15.5 Å². The first-order valence-corrected chi connectivity index (χ1v) is 14.7. The number of amides is 1. The Labute approximate surface area is 238 Å². The molecule has 3 aromatic rings. The highest BCUT2D eigenvalue weighted by Crippen LogP contribution is 2.58. The molecule has 0 spiro atoms. The topological polar surface area (TPSA) is 74.7 Å². The van der Waals surface area contributed by atoms with Gasteiger partial charge in [-0.05, 0) is 65.4 Å². The summed E-state index contributed by atoms with van der Waals surface area (Å²) in [6.45, 7) is 7.99. The number of carboxylic acid groups (broad SMARTS) is 1. The van der Waals surface area contributed by atoms with Crippen LogP contribution in [0.3, 0.4) is 0 Å². The second kappa shape index (κ2) is 10.2. The number of rotatable bonds is 6. The molecule has 4 unspecified atom stereocenters. The number of carbonyl (C=O) groups is 3. The standard InChI is InChI=1S/C32H34ClNO4S/c1-31(2,3)22-14-10-19(11-15-22)26-25(28(35)24-9-6-18-39-24)27(20-12-16-23(33)17-13-20)34(32(26,4)30(37)38)29(36)21-7-5-8-21/h6,9-18,21,25-27H,5,7-8H2,1-4H3,(H,37,38). The lowest BCUT2D eigenvalue weighted by Gasteiger charge is -2.41. The van der Waals surface area contributed by atoms with Crippen LogP contribution in [0.1, 0.15) is 85.3 Å². The minimum absolute atomic E-state index is 0.0887. The van der Waals surface area contributed by atoms with Crippen LogP contribution in [-0.4, -0.2) is 33.2 Å². The van der Waals surface area contributed by atoms with Crippen molar-refractivity contribution in [3.8, 4) is 0 Å². The van der Waals surface area contributed by atoms with E-state index in [9.17, 15) is 19.5 Å². The lowest BCUT2D eigenvalue weighted by Crippen LogP contribution is -2.56.